The molecule has 0 unspecified atom stereocenters. The Hall–Kier alpha value is -1.50. The van der Waals surface area contributed by atoms with Crippen LogP contribution in [0.25, 0.3) is 0 Å². The monoisotopic (exact) mass is 312 g/mol. The Morgan fingerprint density at radius 1 is 1.36 bits per heavy atom. The van der Waals surface area contributed by atoms with Crippen molar-refractivity contribution in [3.05, 3.63) is 35.1 Å². The molecule has 0 spiro atoms. The number of carbonyl (C=O) groups is 1. The lowest BCUT2D eigenvalue weighted by Gasteiger charge is -2.29. The first-order valence-corrected chi connectivity index (χ1v) is 7.21. The van der Waals surface area contributed by atoms with Gasteiger partial charge in [-0.3, -0.25) is 9.69 Å². The van der Waals surface area contributed by atoms with E-state index >= 15 is 0 Å². The van der Waals surface area contributed by atoms with Crippen LogP contribution in [0.1, 0.15) is 18.1 Å². The van der Waals surface area contributed by atoms with Crippen molar-refractivity contribution in [2.45, 2.75) is 20.4 Å². The van der Waals surface area contributed by atoms with Crippen LogP contribution in [0.4, 0.5) is 4.39 Å². The van der Waals surface area contributed by atoms with Gasteiger partial charge < -0.3 is 15.5 Å². The number of rotatable bonds is 8. The van der Waals surface area contributed by atoms with Crippen LogP contribution in [0.3, 0.4) is 0 Å². The van der Waals surface area contributed by atoms with E-state index in [1.54, 1.807) is 37.9 Å². The number of carbonyl (C=O) groups excluding carboxylic acids is 1. The Morgan fingerprint density at radius 2 is 2.00 bits per heavy atom. The van der Waals surface area contributed by atoms with Gasteiger partial charge in [0, 0.05) is 18.5 Å². The number of nitrogens with one attached hydrogen (secondary N) is 1. The fourth-order valence-corrected chi connectivity index (χ4v) is 2.11. The van der Waals surface area contributed by atoms with Crippen LogP contribution >= 0.6 is 0 Å². The first-order valence-electron chi connectivity index (χ1n) is 7.21. The number of aliphatic hydroxyl groups is 2. The van der Waals surface area contributed by atoms with Gasteiger partial charge in [0.2, 0.25) is 5.91 Å². The van der Waals surface area contributed by atoms with E-state index in [1.165, 1.54) is 6.07 Å². The Morgan fingerprint density at radius 3 is 2.55 bits per heavy atom. The summed E-state index contributed by atoms with van der Waals surface area (Å²) in [6.45, 7) is 3.93. The number of benzene rings is 1. The molecular formula is C16H25FN2O3. The van der Waals surface area contributed by atoms with Crippen LogP contribution < -0.4 is 5.32 Å². The maximum absolute atomic E-state index is 13.4. The van der Waals surface area contributed by atoms with Gasteiger partial charge in [-0.25, -0.2) is 4.39 Å². The van der Waals surface area contributed by atoms with Crippen LogP contribution in [0.5, 0.6) is 0 Å². The number of amides is 1. The van der Waals surface area contributed by atoms with Gasteiger partial charge in [0.05, 0.1) is 19.8 Å². The number of likely N-dealkylation sites (N-methyl/N-ethyl adjacent to an activating group) is 1. The summed E-state index contributed by atoms with van der Waals surface area (Å²) >= 11 is 0. The Bertz CT molecular complexity index is 504. The highest BCUT2D eigenvalue weighted by molar-refractivity contribution is 5.77. The average molecular weight is 312 g/mol. The first kappa shape index (κ1) is 18.5. The highest BCUT2D eigenvalue weighted by atomic mass is 19.1. The highest BCUT2D eigenvalue weighted by Crippen LogP contribution is 2.15. The van der Waals surface area contributed by atoms with Crippen molar-refractivity contribution >= 4 is 5.91 Å². The molecule has 1 rings (SSSR count). The zero-order chi connectivity index (χ0) is 16.8. The van der Waals surface area contributed by atoms with Crippen molar-refractivity contribution in [1.29, 1.82) is 0 Å². The first-order chi connectivity index (χ1) is 10.3. The molecule has 0 saturated carbocycles. The summed E-state index contributed by atoms with van der Waals surface area (Å²) in [4.78, 5) is 13.6. The second kappa shape index (κ2) is 8.22. The molecule has 0 bridgehead atoms. The molecule has 0 fully saturated rings. The highest BCUT2D eigenvalue weighted by Gasteiger charge is 2.25. The lowest BCUT2D eigenvalue weighted by atomic mass is 9.92. The molecular weight excluding hydrogens is 287 g/mol. The molecule has 1 aromatic rings. The number of hydrogen-bond donors (Lipinski definition) is 3. The number of aliphatic hydroxyl groups excluding tert-OH is 2. The molecule has 6 heteroatoms. The quantitative estimate of drug-likeness (QED) is 0.660. The number of nitrogens with zero attached hydrogens (tertiary/aromatic N) is 1. The summed E-state index contributed by atoms with van der Waals surface area (Å²) in [6.07, 6.45) is 0. The summed E-state index contributed by atoms with van der Waals surface area (Å²) in [5.41, 5.74) is 0.631. The Labute approximate surface area is 130 Å². The van der Waals surface area contributed by atoms with Crippen LogP contribution in [-0.2, 0) is 11.3 Å². The van der Waals surface area contributed by atoms with Crippen molar-refractivity contribution in [3.8, 4) is 0 Å². The maximum Gasteiger partial charge on any atom is 0.234 e. The summed E-state index contributed by atoms with van der Waals surface area (Å²) in [5.74, 6) is -0.479. The molecule has 0 aliphatic heterocycles. The van der Waals surface area contributed by atoms with Crippen LogP contribution in [-0.4, -0.2) is 54.4 Å². The predicted molar refractivity (Wildman–Crippen MR) is 82.8 cm³/mol. The van der Waals surface area contributed by atoms with E-state index in [0.29, 0.717) is 17.7 Å². The molecule has 0 aliphatic rings. The third-order valence-corrected chi connectivity index (χ3v) is 3.55. The molecule has 1 aromatic carbocycles. The average Bonchev–Trinajstić information content (AvgIpc) is 2.48. The third kappa shape index (κ3) is 5.71. The van der Waals surface area contributed by atoms with Gasteiger partial charge in [0.15, 0.2) is 0 Å². The molecule has 0 aromatic heterocycles. The van der Waals surface area contributed by atoms with Crippen LogP contribution in [0, 0.1) is 18.2 Å². The summed E-state index contributed by atoms with van der Waals surface area (Å²) < 4.78 is 13.4. The molecule has 0 atom stereocenters. The predicted octanol–water partition coefficient (Wildman–Crippen LogP) is 0.673. The molecule has 0 heterocycles. The van der Waals surface area contributed by atoms with E-state index in [0.717, 1.165) is 0 Å². The van der Waals surface area contributed by atoms with E-state index in [4.69, 9.17) is 0 Å². The molecule has 1 amide bonds. The Kier molecular flexibility index (Phi) is 6.93. The second-order valence-electron chi connectivity index (χ2n) is 6.16. The van der Waals surface area contributed by atoms with Crippen molar-refractivity contribution < 1.29 is 19.4 Å². The molecule has 3 N–H and O–H groups in total. The van der Waals surface area contributed by atoms with Crippen molar-refractivity contribution in [3.63, 3.8) is 0 Å². The zero-order valence-corrected chi connectivity index (χ0v) is 13.4. The third-order valence-electron chi connectivity index (χ3n) is 3.55. The van der Waals surface area contributed by atoms with Crippen molar-refractivity contribution in [2.24, 2.45) is 5.41 Å². The Balaban J connectivity index is 2.44. The fourth-order valence-electron chi connectivity index (χ4n) is 2.11. The van der Waals surface area contributed by atoms with Gasteiger partial charge >= 0.3 is 0 Å². The minimum Gasteiger partial charge on any atom is -0.396 e. The van der Waals surface area contributed by atoms with Gasteiger partial charge in [-0.05, 0) is 31.2 Å². The molecule has 124 valence electrons. The zero-order valence-electron chi connectivity index (χ0n) is 13.4. The van der Waals surface area contributed by atoms with E-state index in [-0.39, 0.29) is 38.0 Å². The van der Waals surface area contributed by atoms with Crippen LogP contribution in [0.15, 0.2) is 18.2 Å². The summed E-state index contributed by atoms with van der Waals surface area (Å²) in [7, 11) is 1.74. The molecule has 0 saturated heterocycles. The van der Waals surface area contributed by atoms with Gasteiger partial charge in [0.1, 0.15) is 5.82 Å². The second-order valence-corrected chi connectivity index (χ2v) is 6.16. The number of halogens is 1. The van der Waals surface area contributed by atoms with E-state index in [1.807, 2.05) is 0 Å². The van der Waals surface area contributed by atoms with Gasteiger partial charge in [-0.15, -0.1) is 0 Å². The SMILES string of the molecule is Cc1ccc(CNC(=O)CN(C)CC(C)(CO)CO)cc1F. The standard InChI is InChI=1S/C16H25FN2O3/c1-12-4-5-13(6-14(12)17)7-18-15(22)8-19(3)9-16(2,10-20)11-21/h4-6,20-21H,7-11H2,1-3H3,(H,18,22). The normalized spacial score (nSPS) is 11.8. The maximum atomic E-state index is 13.4. The fraction of sp³-hybridized carbons (Fsp3) is 0.562. The molecule has 5 nitrogen and oxygen atoms in total. The minimum atomic E-state index is -0.644. The number of aryl methyl sites for hydroxylation is 1. The smallest absolute Gasteiger partial charge is 0.234 e. The molecule has 22 heavy (non-hydrogen) atoms. The molecule has 0 radical (unpaired) electrons. The van der Waals surface area contributed by atoms with E-state index in [9.17, 15) is 19.4 Å². The van der Waals surface area contributed by atoms with Crippen LogP contribution in [0.2, 0.25) is 0 Å². The van der Waals surface area contributed by atoms with Crippen molar-refractivity contribution in [2.75, 3.05) is 33.4 Å². The molecule has 0 aliphatic carbocycles. The van der Waals surface area contributed by atoms with Gasteiger partial charge in [-0.1, -0.05) is 19.1 Å². The lowest BCUT2D eigenvalue weighted by molar-refractivity contribution is -0.122. The van der Waals surface area contributed by atoms with E-state index < -0.39 is 5.41 Å². The number of hydrogen-bond acceptors (Lipinski definition) is 4. The summed E-state index contributed by atoms with van der Waals surface area (Å²) in [5, 5.41) is 21.2. The van der Waals surface area contributed by atoms with Crippen molar-refractivity contribution in [1.82, 2.24) is 10.2 Å². The van der Waals surface area contributed by atoms with Gasteiger partial charge in [0.25, 0.3) is 0 Å². The van der Waals surface area contributed by atoms with Gasteiger partial charge in [-0.2, -0.15) is 0 Å². The lowest BCUT2D eigenvalue weighted by Crippen LogP contribution is -2.43. The largest absolute Gasteiger partial charge is 0.396 e. The topological polar surface area (TPSA) is 72.8 Å². The minimum absolute atomic E-state index is 0.143. The summed E-state index contributed by atoms with van der Waals surface area (Å²) in [6, 6.07) is 4.86. The van der Waals surface area contributed by atoms with E-state index in [2.05, 4.69) is 5.32 Å².